The van der Waals surface area contributed by atoms with Crippen molar-refractivity contribution in [3.05, 3.63) is 52.6 Å². The van der Waals surface area contributed by atoms with Crippen molar-refractivity contribution in [3.8, 4) is 0 Å². The Labute approximate surface area is 153 Å². The van der Waals surface area contributed by atoms with Gasteiger partial charge in [-0.2, -0.15) is 4.31 Å². The van der Waals surface area contributed by atoms with Crippen LogP contribution in [0.1, 0.15) is 36.3 Å². The van der Waals surface area contributed by atoms with Gasteiger partial charge >= 0.3 is 0 Å². The van der Waals surface area contributed by atoms with Crippen LogP contribution >= 0.6 is 11.6 Å². The minimum absolute atomic E-state index is 0.186. The maximum atomic E-state index is 13.1. The Hall–Kier alpha value is -1.50. The van der Waals surface area contributed by atoms with Gasteiger partial charge in [0, 0.05) is 24.7 Å². The molecule has 7 heteroatoms. The molecule has 2 aliphatic rings. The van der Waals surface area contributed by atoms with E-state index in [9.17, 15) is 8.42 Å². The highest BCUT2D eigenvalue weighted by Crippen LogP contribution is 2.45. The predicted molar refractivity (Wildman–Crippen MR) is 96.2 cm³/mol. The summed E-state index contributed by atoms with van der Waals surface area (Å²) in [4.78, 5) is 9.16. The van der Waals surface area contributed by atoms with Crippen LogP contribution in [0.25, 0.3) is 0 Å². The predicted octanol–water partition coefficient (Wildman–Crippen LogP) is 3.11. The van der Waals surface area contributed by atoms with Crippen molar-refractivity contribution in [1.82, 2.24) is 14.3 Å². The fraction of sp³-hybridized carbons (Fsp3) is 0.444. The van der Waals surface area contributed by atoms with Crippen molar-refractivity contribution >= 4 is 21.6 Å². The molecule has 1 aliphatic heterocycles. The lowest BCUT2D eigenvalue weighted by Gasteiger charge is -2.39. The molecule has 1 saturated heterocycles. The maximum absolute atomic E-state index is 13.1. The number of aromatic nitrogens is 2. The number of fused-ring (bicyclic) bond motifs is 2. The van der Waals surface area contributed by atoms with E-state index >= 15 is 0 Å². The number of nitrogens with zero attached hydrogens (tertiary/aromatic N) is 3. The number of halogens is 1. The molecule has 1 fully saturated rings. The summed E-state index contributed by atoms with van der Waals surface area (Å²) in [7, 11) is -3.61. The van der Waals surface area contributed by atoms with E-state index in [4.69, 9.17) is 11.6 Å². The van der Waals surface area contributed by atoms with E-state index < -0.39 is 10.0 Å². The van der Waals surface area contributed by atoms with Gasteiger partial charge in [-0.15, -0.1) is 0 Å². The lowest BCUT2D eigenvalue weighted by atomic mass is 9.78. The highest BCUT2D eigenvalue weighted by molar-refractivity contribution is 7.89. The molecule has 1 spiro atoms. The average molecular weight is 378 g/mol. The van der Waals surface area contributed by atoms with Crippen molar-refractivity contribution in [3.63, 3.8) is 0 Å². The Morgan fingerprint density at radius 1 is 1.24 bits per heavy atom. The van der Waals surface area contributed by atoms with Gasteiger partial charge in [0.15, 0.2) is 0 Å². The molecular weight excluding hydrogens is 358 g/mol. The summed E-state index contributed by atoms with van der Waals surface area (Å²) in [5.74, 6) is 0.742. The summed E-state index contributed by atoms with van der Waals surface area (Å²) in [5, 5.41) is 0.270. The number of aryl methyl sites for hydroxylation is 2. The molecule has 25 heavy (non-hydrogen) atoms. The average Bonchev–Trinajstić information content (AvgIpc) is 2.93. The zero-order chi connectivity index (χ0) is 17.7. The monoisotopic (exact) mass is 377 g/mol. The zero-order valence-corrected chi connectivity index (χ0v) is 15.6. The molecule has 4 rings (SSSR count). The molecule has 0 saturated carbocycles. The van der Waals surface area contributed by atoms with Crippen LogP contribution in [0, 0.1) is 6.92 Å². The second-order valence-corrected chi connectivity index (χ2v) is 9.26. The van der Waals surface area contributed by atoms with Crippen LogP contribution in [0.4, 0.5) is 0 Å². The fourth-order valence-electron chi connectivity index (χ4n) is 4.11. The van der Waals surface area contributed by atoms with Gasteiger partial charge in [0.2, 0.25) is 10.0 Å². The van der Waals surface area contributed by atoms with Crippen molar-refractivity contribution in [2.24, 2.45) is 0 Å². The molecule has 1 atom stereocenters. The topological polar surface area (TPSA) is 63.2 Å². The largest absolute Gasteiger partial charge is 0.244 e. The normalized spacial score (nSPS) is 23.8. The minimum atomic E-state index is -3.61. The first-order valence-electron chi connectivity index (χ1n) is 8.50. The molecule has 1 aromatic heterocycles. The van der Waals surface area contributed by atoms with Gasteiger partial charge < -0.3 is 0 Å². The molecule has 0 bridgehead atoms. The molecule has 2 aromatic rings. The number of sulfonamides is 1. The van der Waals surface area contributed by atoms with Gasteiger partial charge in [0.05, 0.1) is 10.7 Å². The molecule has 0 radical (unpaired) electrons. The van der Waals surface area contributed by atoms with Crippen LogP contribution in [0.2, 0.25) is 5.02 Å². The molecule has 1 aliphatic carbocycles. The summed E-state index contributed by atoms with van der Waals surface area (Å²) in [6, 6.07) is 6.65. The Morgan fingerprint density at radius 2 is 2.04 bits per heavy atom. The van der Waals surface area contributed by atoms with Crippen molar-refractivity contribution in [2.75, 3.05) is 13.1 Å². The lowest BCUT2D eigenvalue weighted by Crippen LogP contribution is -2.47. The van der Waals surface area contributed by atoms with Crippen LogP contribution in [0.3, 0.4) is 0 Å². The molecule has 5 nitrogen and oxygen atoms in total. The Kier molecular flexibility index (Phi) is 4.09. The van der Waals surface area contributed by atoms with Gasteiger partial charge in [0.1, 0.15) is 10.7 Å². The van der Waals surface area contributed by atoms with Crippen LogP contribution in [-0.2, 0) is 21.9 Å². The van der Waals surface area contributed by atoms with Gasteiger partial charge in [-0.3, -0.25) is 0 Å². The van der Waals surface area contributed by atoms with Crippen LogP contribution in [0.5, 0.6) is 0 Å². The van der Waals surface area contributed by atoms with E-state index in [1.165, 1.54) is 0 Å². The molecule has 1 unspecified atom stereocenters. The van der Waals surface area contributed by atoms with Crippen LogP contribution in [-0.4, -0.2) is 35.8 Å². The van der Waals surface area contributed by atoms with Crippen molar-refractivity contribution < 1.29 is 8.42 Å². The maximum Gasteiger partial charge on any atom is 0.244 e. The standard InChI is InChI=1S/C18H20ClN3O2S/c1-13-20-11-14-7-9-18(17(14)21-13)8-4-10-22(12-18)25(23,24)16-6-3-2-5-15(16)19/h2-3,5-6,11H,4,7-10,12H2,1H3. The second kappa shape index (κ2) is 6.04. The number of hydrogen-bond donors (Lipinski definition) is 0. The summed E-state index contributed by atoms with van der Waals surface area (Å²) < 4.78 is 27.9. The molecule has 1 aromatic carbocycles. The SMILES string of the molecule is Cc1ncc2c(n1)C1(CCCN(S(=O)(=O)c3ccccc3Cl)C1)CC2. The smallest absolute Gasteiger partial charge is 0.241 e. The number of piperidine rings is 1. The van der Waals surface area contributed by atoms with Gasteiger partial charge in [0.25, 0.3) is 0 Å². The van der Waals surface area contributed by atoms with Crippen molar-refractivity contribution in [2.45, 2.75) is 42.9 Å². The Bertz CT molecular complexity index is 928. The first-order chi connectivity index (χ1) is 11.9. The highest BCUT2D eigenvalue weighted by Gasteiger charge is 2.46. The van der Waals surface area contributed by atoms with E-state index in [0.29, 0.717) is 13.1 Å². The molecule has 0 N–H and O–H groups in total. The van der Waals surface area contributed by atoms with Gasteiger partial charge in [-0.1, -0.05) is 23.7 Å². The Morgan fingerprint density at radius 3 is 2.84 bits per heavy atom. The molecule has 0 amide bonds. The fourth-order valence-corrected chi connectivity index (χ4v) is 6.17. The van der Waals surface area contributed by atoms with E-state index in [1.54, 1.807) is 28.6 Å². The first-order valence-corrected chi connectivity index (χ1v) is 10.3. The van der Waals surface area contributed by atoms with Gasteiger partial charge in [-0.05, 0) is 50.3 Å². The molecule has 132 valence electrons. The summed E-state index contributed by atoms with van der Waals surface area (Å²) in [6.45, 7) is 2.87. The van der Waals surface area contributed by atoms with Crippen LogP contribution in [0.15, 0.2) is 35.4 Å². The summed E-state index contributed by atoms with van der Waals surface area (Å²) in [6.07, 6.45) is 5.52. The second-order valence-electron chi connectivity index (χ2n) is 6.94. The molecular formula is C18H20ClN3O2S. The van der Waals surface area contributed by atoms with Crippen molar-refractivity contribution in [1.29, 1.82) is 0 Å². The van der Waals surface area contributed by atoms with E-state index in [2.05, 4.69) is 9.97 Å². The van der Waals surface area contributed by atoms with Gasteiger partial charge in [-0.25, -0.2) is 18.4 Å². The molecule has 2 heterocycles. The highest BCUT2D eigenvalue weighted by atomic mass is 35.5. The zero-order valence-electron chi connectivity index (χ0n) is 14.1. The lowest BCUT2D eigenvalue weighted by molar-refractivity contribution is 0.219. The third kappa shape index (κ3) is 2.76. The van der Waals surface area contributed by atoms with Crippen LogP contribution < -0.4 is 0 Å². The quantitative estimate of drug-likeness (QED) is 0.806. The number of rotatable bonds is 2. The first kappa shape index (κ1) is 16.9. The van der Waals surface area contributed by atoms with E-state index in [0.717, 1.165) is 42.8 Å². The Balaban J connectivity index is 1.72. The summed E-state index contributed by atoms with van der Waals surface area (Å²) in [5.41, 5.74) is 2.00. The van der Waals surface area contributed by atoms with E-state index in [-0.39, 0.29) is 15.3 Å². The van der Waals surface area contributed by atoms with E-state index in [1.807, 2.05) is 13.1 Å². The minimum Gasteiger partial charge on any atom is -0.241 e. The third-order valence-corrected chi connectivity index (χ3v) is 7.70. The number of hydrogen-bond acceptors (Lipinski definition) is 4. The summed E-state index contributed by atoms with van der Waals surface area (Å²) >= 11 is 6.15. The third-order valence-electron chi connectivity index (χ3n) is 5.36. The number of benzene rings is 1.